The van der Waals surface area contributed by atoms with Gasteiger partial charge in [-0.25, -0.2) is 9.18 Å². The number of nitrogens with zero attached hydrogens (tertiary/aromatic N) is 3. The second-order valence-electron chi connectivity index (χ2n) is 9.91. The molecule has 0 bridgehead atoms. The van der Waals surface area contributed by atoms with Gasteiger partial charge in [-0.15, -0.1) is 0 Å². The zero-order valence-electron chi connectivity index (χ0n) is 22.6. The molecule has 10 heteroatoms. The molecule has 6 rings (SSSR count). The Morgan fingerprint density at radius 3 is 2.81 bits per heavy atom. The Labute approximate surface area is 239 Å². The molecule has 0 spiro atoms. The molecule has 0 aliphatic rings. The second-order valence-corrected chi connectivity index (χ2v) is 9.91. The van der Waals surface area contributed by atoms with E-state index in [4.69, 9.17) is 15.2 Å². The first-order valence-corrected chi connectivity index (χ1v) is 13.2. The number of pyridine rings is 2. The maximum Gasteiger partial charge on any atom is 0.375 e. The lowest BCUT2D eigenvalue weighted by molar-refractivity contribution is -0.120. The van der Waals surface area contributed by atoms with Crippen LogP contribution in [0.4, 0.5) is 4.39 Å². The van der Waals surface area contributed by atoms with E-state index in [1.807, 2.05) is 36.5 Å². The highest BCUT2D eigenvalue weighted by atomic mass is 19.1. The van der Waals surface area contributed by atoms with Gasteiger partial charge in [0.2, 0.25) is 11.7 Å². The van der Waals surface area contributed by atoms with Gasteiger partial charge in [-0.3, -0.25) is 14.2 Å². The number of aryl methyl sites for hydroxylation is 1. The van der Waals surface area contributed by atoms with Crippen LogP contribution >= 0.6 is 0 Å². The third-order valence-corrected chi connectivity index (χ3v) is 7.09. The molecule has 210 valence electrons. The molecular weight excluding hydrogens is 537 g/mol. The van der Waals surface area contributed by atoms with Crippen molar-refractivity contribution in [1.82, 2.24) is 19.4 Å². The van der Waals surface area contributed by atoms with Crippen molar-refractivity contribution >= 4 is 28.9 Å². The number of esters is 1. The van der Waals surface area contributed by atoms with E-state index in [9.17, 15) is 14.0 Å². The number of benzene rings is 2. The van der Waals surface area contributed by atoms with Crippen molar-refractivity contribution in [2.45, 2.75) is 19.4 Å². The lowest BCUT2D eigenvalue weighted by Gasteiger charge is -2.12. The summed E-state index contributed by atoms with van der Waals surface area (Å²) in [5.74, 6) is -1.12. The largest absolute Gasteiger partial charge is 0.458 e. The SMILES string of the molecule is Cc1cc(-c2ncccc2-c2ccn3c(C(=O)OC[C@H](N)Cc4c[nH]c5ccccc45)nc(OC=O)c3c2)ccc1F. The van der Waals surface area contributed by atoms with Gasteiger partial charge < -0.3 is 20.2 Å². The summed E-state index contributed by atoms with van der Waals surface area (Å²) in [7, 11) is 0. The van der Waals surface area contributed by atoms with E-state index >= 15 is 0 Å². The summed E-state index contributed by atoms with van der Waals surface area (Å²) in [4.78, 5) is 36.3. The number of halogens is 1. The van der Waals surface area contributed by atoms with Crippen LogP contribution in [0.2, 0.25) is 0 Å². The molecule has 0 saturated carbocycles. The van der Waals surface area contributed by atoms with E-state index in [1.165, 1.54) is 10.5 Å². The maximum atomic E-state index is 13.9. The Kier molecular flexibility index (Phi) is 7.20. The van der Waals surface area contributed by atoms with Crippen molar-refractivity contribution in [3.05, 3.63) is 108 Å². The number of hydrogen-bond acceptors (Lipinski definition) is 7. The summed E-state index contributed by atoms with van der Waals surface area (Å²) in [6.45, 7) is 1.90. The molecular formula is C32H26FN5O4. The van der Waals surface area contributed by atoms with Crippen LogP contribution in [0, 0.1) is 12.7 Å². The average Bonchev–Trinajstić information content (AvgIpc) is 3.58. The molecule has 4 aromatic heterocycles. The van der Waals surface area contributed by atoms with Crippen molar-refractivity contribution in [1.29, 1.82) is 0 Å². The minimum Gasteiger partial charge on any atom is -0.458 e. The van der Waals surface area contributed by atoms with Crippen molar-refractivity contribution in [2.75, 3.05) is 6.61 Å². The molecule has 9 nitrogen and oxygen atoms in total. The van der Waals surface area contributed by atoms with Crippen LogP contribution in [0.3, 0.4) is 0 Å². The highest BCUT2D eigenvalue weighted by molar-refractivity contribution is 5.90. The molecule has 0 aliphatic heterocycles. The highest BCUT2D eigenvalue weighted by Gasteiger charge is 2.22. The number of nitrogens with two attached hydrogens (primary N) is 1. The van der Waals surface area contributed by atoms with Gasteiger partial charge in [0.05, 0.1) is 5.69 Å². The molecule has 3 N–H and O–H groups in total. The standard InChI is InChI=1S/C32H26FN5O4/c1-19-13-21(8-9-26(19)33)29-25(6-4-11-35-29)20-10-12-38-28(15-20)31(42-18-39)37-30(38)32(40)41-17-23(34)14-22-16-36-27-7-3-2-5-24(22)27/h2-13,15-16,18,23,36H,14,17,34H2,1H3/t23-/m1/s1. The zero-order valence-corrected chi connectivity index (χ0v) is 22.6. The topological polar surface area (TPSA) is 125 Å². The number of H-pyrrole nitrogens is 1. The van der Waals surface area contributed by atoms with E-state index in [0.717, 1.165) is 33.2 Å². The quantitative estimate of drug-likeness (QED) is 0.182. The summed E-state index contributed by atoms with van der Waals surface area (Å²) in [6, 6.07) is 19.5. The molecule has 42 heavy (non-hydrogen) atoms. The first kappa shape index (κ1) is 26.9. The Bertz CT molecular complexity index is 1950. The van der Waals surface area contributed by atoms with Crippen LogP contribution in [0.15, 0.2) is 85.3 Å². The van der Waals surface area contributed by atoms with Crippen molar-refractivity contribution in [3.8, 4) is 28.3 Å². The van der Waals surface area contributed by atoms with Gasteiger partial charge in [0.1, 0.15) is 17.9 Å². The number of fused-ring (bicyclic) bond motifs is 2. The Balaban J connectivity index is 1.27. The number of ether oxygens (including phenoxy) is 2. The van der Waals surface area contributed by atoms with Crippen LogP contribution in [0.5, 0.6) is 5.88 Å². The molecule has 0 unspecified atom stereocenters. The number of nitrogens with one attached hydrogen (secondary N) is 1. The number of carbonyl (C=O) groups is 2. The molecule has 0 amide bonds. The van der Waals surface area contributed by atoms with Gasteiger partial charge >= 0.3 is 5.97 Å². The Morgan fingerprint density at radius 2 is 1.98 bits per heavy atom. The average molecular weight is 564 g/mol. The molecule has 0 aliphatic carbocycles. The monoisotopic (exact) mass is 563 g/mol. The number of aromatic amines is 1. The first-order valence-electron chi connectivity index (χ1n) is 13.2. The summed E-state index contributed by atoms with van der Waals surface area (Å²) >= 11 is 0. The molecule has 0 radical (unpaired) electrons. The molecule has 4 heterocycles. The molecule has 0 saturated heterocycles. The lowest BCUT2D eigenvalue weighted by atomic mass is 9.98. The van der Waals surface area contributed by atoms with Crippen LogP contribution in [-0.2, 0) is 16.0 Å². The van der Waals surface area contributed by atoms with Crippen LogP contribution < -0.4 is 10.5 Å². The van der Waals surface area contributed by atoms with Crippen LogP contribution in [-0.4, -0.2) is 44.4 Å². The summed E-state index contributed by atoms with van der Waals surface area (Å²) in [5, 5.41) is 1.07. The lowest BCUT2D eigenvalue weighted by Crippen LogP contribution is -2.30. The van der Waals surface area contributed by atoms with Gasteiger partial charge in [-0.05, 0) is 72.5 Å². The second kappa shape index (κ2) is 11.3. The number of para-hydroxylation sites is 1. The highest BCUT2D eigenvalue weighted by Crippen LogP contribution is 2.33. The Morgan fingerprint density at radius 1 is 1.12 bits per heavy atom. The fraction of sp³-hybridized carbons (Fsp3) is 0.125. The number of carbonyl (C=O) groups excluding carboxylic acids is 2. The van der Waals surface area contributed by atoms with E-state index in [2.05, 4.69) is 15.0 Å². The van der Waals surface area contributed by atoms with Crippen molar-refractivity contribution in [3.63, 3.8) is 0 Å². The van der Waals surface area contributed by atoms with Crippen LogP contribution in [0.25, 0.3) is 38.8 Å². The molecule has 6 aromatic rings. The summed E-state index contributed by atoms with van der Waals surface area (Å²) in [6.07, 6.45) is 5.71. The minimum atomic E-state index is -0.711. The zero-order chi connectivity index (χ0) is 29.2. The first-order chi connectivity index (χ1) is 20.4. The van der Waals surface area contributed by atoms with Crippen LogP contribution in [0.1, 0.15) is 21.7 Å². The summed E-state index contributed by atoms with van der Waals surface area (Å²) < 4.78 is 26.0. The summed E-state index contributed by atoms with van der Waals surface area (Å²) in [5.41, 5.74) is 12.1. The third kappa shape index (κ3) is 5.11. The minimum absolute atomic E-state index is 0.0364. The van der Waals surface area contributed by atoms with Gasteiger partial charge in [0.15, 0.2) is 0 Å². The van der Waals surface area contributed by atoms with Crippen molar-refractivity contribution in [2.24, 2.45) is 5.73 Å². The van der Waals surface area contributed by atoms with Gasteiger partial charge in [-0.1, -0.05) is 24.3 Å². The van der Waals surface area contributed by atoms with E-state index in [0.29, 0.717) is 23.2 Å². The normalized spacial score (nSPS) is 12.0. The number of aromatic nitrogens is 4. The fourth-order valence-electron chi connectivity index (χ4n) is 5.05. The molecule has 2 aromatic carbocycles. The third-order valence-electron chi connectivity index (χ3n) is 7.09. The van der Waals surface area contributed by atoms with Gasteiger partial charge in [-0.2, -0.15) is 4.98 Å². The van der Waals surface area contributed by atoms with E-state index < -0.39 is 12.0 Å². The van der Waals surface area contributed by atoms with Gasteiger partial charge in [0.25, 0.3) is 6.47 Å². The molecule has 0 fully saturated rings. The van der Waals surface area contributed by atoms with E-state index in [1.54, 1.807) is 49.6 Å². The number of imidazole rings is 1. The fourth-order valence-corrected chi connectivity index (χ4v) is 5.05. The van der Waals surface area contributed by atoms with E-state index in [-0.39, 0.29) is 30.6 Å². The molecule has 1 atom stereocenters. The van der Waals surface area contributed by atoms with Gasteiger partial charge in [0, 0.05) is 46.7 Å². The predicted octanol–water partition coefficient (Wildman–Crippen LogP) is 5.25. The maximum absolute atomic E-state index is 13.9. The van der Waals surface area contributed by atoms with Crippen molar-refractivity contribution < 1.29 is 23.5 Å². The number of hydrogen-bond donors (Lipinski definition) is 2. The number of rotatable bonds is 9. The predicted molar refractivity (Wildman–Crippen MR) is 156 cm³/mol. The smallest absolute Gasteiger partial charge is 0.375 e. The Hall–Kier alpha value is -5.35.